The molecular weight excluding hydrogens is 262 g/mol. The van der Waals surface area contributed by atoms with Crippen LogP contribution in [0.25, 0.3) is 0 Å². The summed E-state index contributed by atoms with van der Waals surface area (Å²) in [5.41, 5.74) is 1.74. The molecule has 0 radical (unpaired) electrons. The highest BCUT2D eigenvalue weighted by molar-refractivity contribution is 5.93. The lowest BCUT2D eigenvalue weighted by molar-refractivity contribution is -0.231. The summed E-state index contributed by atoms with van der Waals surface area (Å²) in [4.78, 5) is 18.2. The molecule has 0 N–H and O–H groups in total. The molecule has 3 heteroatoms. The van der Waals surface area contributed by atoms with Crippen molar-refractivity contribution in [3.05, 3.63) is 71.8 Å². The van der Waals surface area contributed by atoms with Gasteiger partial charge in [-0.1, -0.05) is 67.6 Å². The van der Waals surface area contributed by atoms with Crippen molar-refractivity contribution in [3.8, 4) is 0 Å². The van der Waals surface area contributed by atoms with E-state index in [9.17, 15) is 4.79 Å². The van der Waals surface area contributed by atoms with E-state index in [1.807, 2.05) is 60.7 Å². The molecule has 1 saturated heterocycles. The van der Waals surface area contributed by atoms with Crippen LogP contribution in [0, 0.1) is 0 Å². The molecule has 1 aliphatic rings. The first-order valence-electron chi connectivity index (χ1n) is 7.30. The standard InChI is InChI=1S/C18H19NO2/c1-2-18(16-11-7-4-8-12-16)14-19(17(18)20)21-13-15-9-5-3-6-10-15/h3-12H,2,13-14H2,1H3. The van der Waals surface area contributed by atoms with Gasteiger partial charge in [-0.05, 0) is 17.5 Å². The van der Waals surface area contributed by atoms with Gasteiger partial charge in [0.05, 0.1) is 12.0 Å². The number of amides is 1. The summed E-state index contributed by atoms with van der Waals surface area (Å²) in [6.45, 7) is 3.11. The Balaban J connectivity index is 1.66. The van der Waals surface area contributed by atoms with Crippen LogP contribution in [0.15, 0.2) is 60.7 Å². The van der Waals surface area contributed by atoms with Crippen molar-refractivity contribution in [1.82, 2.24) is 5.06 Å². The minimum absolute atomic E-state index is 0.0622. The molecule has 0 aliphatic carbocycles. The molecule has 1 unspecified atom stereocenters. The lowest BCUT2D eigenvalue weighted by Crippen LogP contribution is -2.63. The fraction of sp³-hybridized carbons (Fsp3) is 0.278. The number of β-lactam (4-membered cyclic amide) rings is 1. The van der Waals surface area contributed by atoms with Crippen LogP contribution in [-0.2, 0) is 21.7 Å². The summed E-state index contributed by atoms with van der Waals surface area (Å²) in [6.07, 6.45) is 0.793. The first-order valence-corrected chi connectivity index (χ1v) is 7.30. The molecule has 21 heavy (non-hydrogen) atoms. The monoisotopic (exact) mass is 281 g/mol. The molecule has 2 aromatic rings. The van der Waals surface area contributed by atoms with Gasteiger partial charge >= 0.3 is 0 Å². The first-order chi connectivity index (χ1) is 10.3. The van der Waals surface area contributed by atoms with Crippen molar-refractivity contribution in [2.45, 2.75) is 25.4 Å². The number of hydrogen-bond donors (Lipinski definition) is 0. The molecule has 0 saturated carbocycles. The van der Waals surface area contributed by atoms with E-state index < -0.39 is 5.41 Å². The molecule has 0 aromatic heterocycles. The molecular formula is C18H19NO2. The Morgan fingerprint density at radius 2 is 1.67 bits per heavy atom. The van der Waals surface area contributed by atoms with Crippen LogP contribution in [0.3, 0.4) is 0 Å². The SMILES string of the molecule is CCC1(c2ccccc2)CN(OCc2ccccc2)C1=O. The number of hydrogen-bond acceptors (Lipinski definition) is 2. The van der Waals surface area contributed by atoms with Gasteiger partial charge < -0.3 is 0 Å². The lowest BCUT2D eigenvalue weighted by Gasteiger charge is -2.47. The van der Waals surface area contributed by atoms with Crippen molar-refractivity contribution >= 4 is 5.91 Å². The topological polar surface area (TPSA) is 29.5 Å². The van der Waals surface area contributed by atoms with E-state index in [1.54, 1.807) is 0 Å². The van der Waals surface area contributed by atoms with Gasteiger partial charge in [0.1, 0.15) is 6.61 Å². The summed E-state index contributed by atoms with van der Waals surface area (Å²) in [7, 11) is 0. The van der Waals surface area contributed by atoms with Crippen molar-refractivity contribution in [3.63, 3.8) is 0 Å². The van der Waals surface area contributed by atoms with Crippen molar-refractivity contribution < 1.29 is 9.63 Å². The number of rotatable bonds is 5. The van der Waals surface area contributed by atoms with E-state index in [1.165, 1.54) is 5.06 Å². The predicted molar refractivity (Wildman–Crippen MR) is 81.4 cm³/mol. The van der Waals surface area contributed by atoms with Gasteiger partial charge in [-0.2, -0.15) is 0 Å². The highest BCUT2D eigenvalue weighted by atomic mass is 16.7. The van der Waals surface area contributed by atoms with E-state index in [0.29, 0.717) is 13.2 Å². The quantitative estimate of drug-likeness (QED) is 0.787. The second-order valence-corrected chi connectivity index (χ2v) is 5.40. The average molecular weight is 281 g/mol. The van der Waals surface area contributed by atoms with Gasteiger partial charge in [-0.3, -0.25) is 9.63 Å². The van der Waals surface area contributed by atoms with Gasteiger partial charge in [-0.15, -0.1) is 0 Å². The van der Waals surface area contributed by atoms with E-state index >= 15 is 0 Å². The number of nitrogens with zero attached hydrogens (tertiary/aromatic N) is 1. The summed E-state index contributed by atoms with van der Waals surface area (Å²) in [5, 5.41) is 1.49. The normalized spacial score (nSPS) is 21.2. The third-order valence-electron chi connectivity index (χ3n) is 4.21. The number of benzene rings is 2. The molecule has 3 nitrogen and oxygen atoms in total. The van der Waals surface area contributed by atoms with Crippen LogP contribution in [-0.4, -0.2) is 17.5 Å². The predicted octanol–water partition coefficient (Wildman–Crippen LogP) is 3.31. The minimum atomic E-state index is -0.405. The van der Waals surface area contributed by atoms with Crippen LogP contribution in [0.2, 0.25) is 0 Å². The number of hydroxylamine groups is 2. The Kier molecular flexibility index (Phi) is 3.76. The molecule has 1 amide bonds. The summed E-state index contributed by atoms with van der Waals surface area (Å²) in [5.74, 6) is 0.0622. The van der Waals surface area contributed by atoms with Gasteiger partial charge in [0, 0.05) is 0 Å². The van der Waals surface area contributed by atoms with Crippen LogP contribution in [0.1, 0.15) is 24.5 Å². The molecule has 1 atom stereocenters. The summed E-state index contributed by atoms with van der Waals surface area (Å²) >= 11 is 0. The number of carbonyl (C=O) groups is 1. The highest BCUT2D eigenvalue weighted by Gasteiger charge is 2.52. The lowest BCUT2D eigenvalue weighted by atomic mass is 9.72. The van der Waals surface area contributed by atoms with Crippen molar-refractivity contribution in [1.29, 1.82) is 0 Å². The second kappa shape index (κ2) is 5.70. The largest absolute Gasteiger partial charge is 0.271 e. The van der Waals surface area contributed by atoms with Crippen molar-refractivity contribution in [2.75, 3.05) is 6.54 Å². The van der Waals surface area contributed by atoms with Crippen LogP contribution < -0.4 is 0 Å². The van der Waals surface area contributed by atoms with E-state index in [4.69, 9.17) is 4.84 Å². The van der Waals surface area contributed by atoms with Gasteiger partial charge in [-0.25, -0.2) is 5.06 Å². The summed E-state index contributed by atoms with van der Waals surface area (Å²) < 4.78 is 0. The zero-order chi connectivity index (χ0) is 14.7. The molecule has 108 valence electrons. The van der Waals surface area contributed by atoms with Gasteiger partial charge in [0.25, 0.3) is 5.91 Å². The molecule has 1 heterocycles. The van der Waals surface area contributed by atoms with Crippen LogP contribution >= 0.6 is 0 Å². The fourth-order valence-electron chi connectivity index (χ4n) is 2.80. The Morgan fingerprint density at radius 1 is 1.05 bits per heavy atom. The molecule has 1 aliphatic heterocycles. The maximum absolute atomic E-state index is 12.5. The Hall–Kier alpha value is -2.13. The van der Waals surface area contributed by atoms with Gasteiger partial charge in [0.15, 0.2) is 0 Å². The summed E-state index contributed by atoms with van der Waals surface area (Å²) in [6, 6.07) is 19.9. The maximum Gasteiger partial charge on any atom is 0.258 e. The fourth-order valence-corrected chi connectivity index (χ4v) is 2.80. The molecule has 0 spiro atoms. The minimum Gasteiger partial charge on any atom is -0.271 e. The molecule has 3 rings (SSSR count). The highest BCUT2D eigenvalue weighted by Crippen LogP contribution is 2.39. The van der Waals surface area contributed by atoms with Crippen LogP contribution in [0.5, 0.6) is 0 Å². The third-order valence-corrected chi connectivity index (χ3v) is 4.21. The second-order valence-electron chi connectivity index (χ2n) is 5.40. The molecule has 0 bridgehead atoms. The zero-order valence-electron chi connectivity index (χ0n) is 12.2. The van der Waals surface area contributed by atoms with Crippen LogP contribution in [0.4, 0.5) is 0 Å². The Labute approximate surface area is 125 Å². The Morgan fingerprint density at radius 3 is 2.24 bits per heavy atom. The third kappa shape index (κ3) is 2.45. The first kappa shape index (κ1) is 13.8. The maximum atomic E-state index is 12.5. The van der Waals surface area contributed by atoms with E-state index in [2.05, 4.69) is 6.92 Å². The molecule has 1 fully saturated rings. The smallest absolute Gasteiger partial charge is 0.258 e. The van der Waals surface area contributed by atoms with E-state index in [0.717, 1.165) is 17.5 Å². The zero-order valence-corrected chi connectivity index (χ0v) is 12.2. The Bertz CT molecular complexity index is 612. The number of carbonyl (C=O) groups excluding carboxylic acids is 1. The van der Waals surface area contributed by atoms with Crippen molar-refractivity contribution in [2.24, 2.45) is 0 Å². The average Bonchev–Trinajstić information content (AvgIpc) is 2.56. The van der Waals surface area contributed by atoms with Gasteiger partial charge in [0.2, 0.25) is 0 Å². The van der Waals surface area contributed by atoms with E-state index in [-0.39, 0.29) is 5.91 Å². The molecule has 2 aromatic carbocycles.